The number of nitro benzene ring substituents is 1. The normalized spacial score (nSPS) is 10.0. The minimum atomic E-state index is -0.905. The van der Waals surface area contributed by atoms with Gasteiger partial charge in [0.15, 0.2) is 0 Å². The van der Waals surface area contributed by atoms with Crippen LogP contribution in [0.2, 0.25) is 0 Å². The molecule has 8 nitrogen and oxygen atoms in total. The van der Waals surface area contributed by atoms with E-state index in [9.17, 15) is 19.7 Å². The predicted octanol–water partition coefficient (Wildman–Crippen LogP) is 2.20. The summed E-state index contributed by atoms with van der Waals surface area (Å²) in [5, 5.41) is 13.2. The molecular weight excluding hydrogens is 326 g/mol. The molecule has 0 radical (unpaired) electrons. The lowest BCUT2D eigenvalue weighted by atomic mass is 10.2. The van der Waals surface area contributed by atoms with Crippen LogP contribution < -0.4 is 10.1 Å². The Balaban J connectivity index is 2.11. The molecule has 130 valence electrons. The third-order valence-electron chi connectivity index (χ3n) is 3.45. The van der Waals surface area contributed by atoms with E-state index in [2.05, 4.69) is 5.32 Å². The topological polar surface area (TPSA) is 102 Å². The second-order valence-corrected chi connectivity index (χ2v) is 5.24. The Morgan fingerprint density at radius 2 is 1.88 bits per heavy atom. The summed E-state index contributed by atoms with van der Waals surface area (Å²) in [5.74, 6) is -1.45. The van der Waals surface area contributed by atoms with Crippen LogP contribution >= 0.6 is 0 Å². The van der Waals surface area contributed by atoms with Crippen LogP contribution in [0.4, 0.5) is 11.4 Å². The van der Waals surface area contributed by atoms with Gasteiger partial charge in [-0.1, -0.05) is 30.3 Å². The lowest BCUT2D eigenvalue weighted by molar-refractivity contribution is -0.384. The molecule has 0 bridgehead atoms. The van der Waals surface area contributed by atoms with Crippen molar-refractivity contribution in [3.05, 3.63) is 64.2 Å². The van der Waals surface area contributed by atoms with E-state index in [1.807, 2.05) is 30.3 Å². The van der Waals surface area contributed by atoms with Gasteiger partial charge in [0.2, 0.25) is 0 Å². The van der Waals surface area contributed by atoms with E-state index in [4.69, 9.17) is 4.74 Å². The molecule has 0 unspecified atom stereocenters. The molecule has 0 spiro atoms. The SMILES string of the molecule is COc1ccc([N+](=O)[O-])cc1NC(=O)C(=O)N(C)Cc1ccccc1. The standard InChI is InChI=1S/C17H17N3O5/c1-19(11-12-6-4-3-5-7-12)17(22)16(21)18-14-10-13(20(23)24)8-9-15(14)25-2/h3-10H,11H2,1-2H3,(H,18,21). The first-order valence-corrected chi connectivity index (χ1v) is 7.35. The first-order valence-electron chi connectivity index (χ1n) is 7.35. The van der Waals surface area contributed by atoms with Crippen molar-refractivity contribution in [2.75, 3.05) is 19.5 Å². The number of nitrogens with one attached hydrogen (secondary N) is 1. The van der Waals surface area contributed by atoms with E-state index in [1.165, 1.54) is 31.2 Å². The number of hydrogen-bond donors (Lipinski definition) is 1. The molecule has 0 aliphatic carbocycles. The summed E-state index contributed by atoms with van der Waals surface area (Å²) in [6, 6.07) is 12.9. The second kappa shape index (κ2) is 7.91. The van der Waals surface area contributed by atoms with Crippen LogP contribution in [0.3, 0.4) is 0 Å². The number of methoxy groups -OCH3 is 1. The molecule has 1 N–H and O–H groups in total. The summed E-state index contributed by atoms with van der Waals surface area (Å²) >= 11 is 0. The highest BCUT2D eigenvalue weighted by Crippen LogP contribution is 2.28. The molecule has 0 saturated carbocycles. The number of benzene rings is 2. The van der Waals surface area contributed by atoms with Gasteiger partial charge in [-0.3, -0.25) is 19.7 Å². The summed E-state index contributed by atoms with van der Waals surface area (Å²) in [6.07, 6.45) is 0. The first-order chi connectivity index (χ1) is 11.9. The van der Waals surface area contributed by atoms with Crippen molar-refractivity contribution >= 4 is 23.2 Å². The molecular formula is C17H17N3O5. The molecule has 0 fully saturated rings. The van der Waals surface area contributed by atoms with Crippen LogP contribution in [0, 0.1) is 10.1 Å². The number of likely N-dealkylation sites (N-methyl/N-ethyl adjacent to an activating group) is 1. The average Bonchev–Trinajstić information content (AvgIpc) is 2.61. The zero-order valence-electron chi connectivity index (χ0n) is 13.8. The van der Waals surface area contributed by atoms with Gasteiger partial charge in [-0.2, -0.15) is 0 Å². The highest BCUT2D eigenvalue weighted by Gasteiger charge is 2.21. The van der Waals surface area contributed by atoms with Gasteiger partial charge < -0.3 is 15.0 Å². The smallest absolute Gasteiger partial charge is 0.314 e. The highest BCUT2D eigenvalue weighted by molar-refractivity contribution is 6.39. The Morgan fingerprint density at radius 1 is 1.20 bits per heavy atom. The monoisotopic (exact) mass is 343 g/mol. The van der Waals surface area contributed by atoms with Gasteiger partial charge in [-0.05, 0) is 11.6 Å². The molecule has 2 rings (SSSR count). The largest absolute Gasteiger partial charge is 0.495 e. The van der Waals surface area contributed by atoms with Gasteiger partial charge in [-0.15, -0.1) is 0 Å². The van der Waals surface area contributed by atoms with Crippen molar-refractivity contribution < 1.29 is 19.2 Å². The maximum Gasteiger partial charge on any atom is 0.314 e. The number of carbonyl (C=O) groups is 2. The lowest BCUT2D eigenvalue weighted by Gasteiger charge is -2.17. The van der Waals surface area contributed by atoms with Gasteiger partial charge in [0.25, 0.3) is 5.69 Å². The van der Waals surface area contributed by atoms with E-state index < -0.39 is 16.7 Å². The molecule has 0 heterocycles. The maximum atomic E-state index is 12.2. The Bertz CT molecular complexity index is 792. The van der Waals surface area contributed by atoms with Gasteiger partial charge in [-0.25, -0.2) is 0 Å². The first kappa shape index (κ1) is 17.9. The van der Waals surface area contributed by atoms with E-state index >= 15 is 0 Å². The van der Waals surface area contributed by atoms with Crippen molar-refractivity contribution in [1.82, 2.24) is 4.90 Å². The minimum absolute atomic E-state index is 0.0585. The number of non-ortho nitro benzene ring substituents is 1. The highest BCUT2D eigenvalue weighted by atomic mass is 16.6. The molecule has 25 heavy (non-hydrogen) atoms. The molecule has 8 heteroatoms. The Labute approximate surface area is 144 Å². The molecule has 0 aliphatic rings. The summed E-state index contributed by atoms with van der Waals surface area (Å²) in [6.45, 7) is 0.263. The number of amides is 2. The number of ether oxygens (including phenoxy) is 1. The summed E-state index contributed by atoms with van der Waals surface area (Å²) < 4.78 is 5.05. The predicted molar refractivity (Wildman–Crippen MR) is 91.2 cm³/mol. The van der Waals surface area contributed by atoms with Crippen molar-refractivity contribution in [2.45, 2.75) is 6.54 Å². The maximum absolute atomic E-state index is 12.2. The van der Waals surface area contributed by atoms with Crippen LogP contribution in [0.15, 0.2) is 48.5 Å². The molecule has 2 aromatic rings. The van der Waals surface area contributed by atoms with Gasteiger partial charge in [0, 0.05) is 25.7 Å². The molecule has 0 aromatic heterocycles. The summed E-state index contributed by atoms with van der Waals surface area (Å²) in [5.41, 5.74) is 0.712. The van der Waals surface area contributed by atoms with E-state index in [0.29, 0.717) is 0 Å². The van der Waals surface area contributed by atoms with E-state index in [0.717, 1.165) is 11.6 Å². The average molecular weight is 343 g/mol. The van der Waals surface area contributed by atoms with E-state index in [1.54, 1.807) is 0 Å². The van der Waals surface area contributed by atoms with Crippen LogP contribution in [-0.2, 0) is 16.1 Å². The summed E-state index contributed by atoms with van der Waals surface area (Å²) in [7, 11) is 2.86. The van der Waals surface area contributed by atoms with Crippen molar-refractivity contribution in [3.63, 3.8) is 0 Å². The van der Waals surface area contributed by atoms with Crippen LogP contribution in [0.25, 0.3) is 0 Å². The molecule has 0 aliphatic heterocycles. The Hall–Kier alpha value is -3.42. The van der Waals surface area contributed by atoms with Gasteiger partial charge in [0.05, 0.1) is 17.7 Å². The number of rotatable bonds is 5. The fraction of sp³-hybridized carbons (Fsp3) is 0.176. The Kier molecular flexibility index (Phi) is 5.67. The van der Waals surface area contributed by atoms with Crippen LogP contribution in [-0.4, -0.2) is 35.8 Å². The van der Waals surface area contributed by atoms with E-state index in [-0.39, 0.29) is 23.7 Å². The number of carbonyl (C=O) groups excluding carboxylic acids is 2. The fourth-order valence-electron chi connectivity index (χ4n) is 2.19. The van der Waals surface area contributed by atoms with Gasteiger partial charge >= 0.3 is 11.8 Å². The number of nitrogens with zero attached hydrogens (tertiary/aromatic N) is 2. The third-order valence-corrected chi connectivity index (χ3v) is 3.45. The molecule has 2 aromatic carbocycles. The lowest BCUT2D eigenvalue weighted by Crippen LogP contribution is -2.36. The van der Waals surface area contributed by atoms with Crippen molar-refractivity contribution in [2.24, 2.45) is 0 Å². The fourth-order valence-corrected chi connectivity index (χ4v) is 2.19. The summed E-state index contributed by atoms with van der Waals surface area (Å²) in [4.78, 5) is 35.9. The number of anilines is 1. The number of hydrogen-bond acceptors (Lipinski definition) is 5. The third kappa shape index (κ3) is 4.54. The molecule has 0 atom stereocenters. The second-order valence-electron chi connectivity index (χ2n) is 5.24. The van der Waals surface area contributed by atoms with Crippen LogP contribution in [0.5, 0.6) is 5.75 Å². The van der Waals surface area contributed by atoms with Crippen molar-refractivity contribution in [1.29, 1.82) is 0 Å². The van der Waals surface area contributed by atoms with Crippen molar-refractivity contribution in [3.8, 4) is 5.75 Å². The molecule has 0 saturated heterocycles. The number of nitro groups is 1. The molecule has 2 amide bonds. The zero-order chi connectivity index (χ0) is 18.4. The quantitative estimate of drug-likeness (QED) is 0.509. The minimum Gasteiger partial charge on any atom is -0.495 e. The van der Waals surface area contributed by atoms with Crippen LogP contribution in [0.1, 0.15) is 5.56 Å². The zero-order valence-corrected chi connectivity index (χ0v) is 13.8. The Morgan fingerprint density at radius 3 is 2.48 bits per heavy atom. The van der Waals surface area contributed by atoms with Gasteiger partial charge in [0.1, 0.15) is 5.75 Å².